The molecule has 0 aliphatic heterocycles. The van der Waals surface area contributed by atoms with Crippen molar-refractivity contribution < 1.29 is 9.47 Å². The quantitative estimate of drug-likeness (QED) is 0.919. The van der Waals surface area contributed by atoms with E-state index in [1.165, 1.54) is 0 Å². The Labute approximate surface area is 120 Å². The van der Waals surface area contributed by atoms with E-state index >= 15 is 0 Å². The third-order valence-corrected chi connectivity index (χ3v) is 3.09. The van der Waals surface area contributed by atoms with E-state index in [4.69, 9.17) is 15.2 Å². The molecule has 1 aromatic carbocycles. The number of rotatable bonds is 5. The Hall–Kier alpha value is -1.59. The van der Waals surface area contributed by atoms with Gasteiger partial charge < -0.3 is 15.2 Å². The van der Waals surface area contributed by atoms with E-state index in [9.17, 15) is 0 Å². The number of ether oxygens (including phenoxy) is 2. The molecule has 0 fully saturated rings. The number of hydrogen-bond donors (Lipinski definition) is 1. The zero-order valence-electron chi connectivity index (χ0n) is 10.6. The molecule has 100 valence electrons. The SMILES string of the molecule is COc1ccc(CN)cc1COc1cncc(Br)c1. The molecule has 0 amide bonds. The highest BCUT2D eigenvalue weighted by Crippen LogP contribution is 2.23. The van der Waals surface area contributed by atoms with Crippen molar-refractivity contribution in [1.82, 2.24) is 4.98 Å². The summed E-state index contributed by atoms with van der Waals surface area (Å²) >= 11 is 3.36. The highest BCUT2D eigenvalue weighted by atomic mass is 79.9. The molecule has 0 saturated heterocycles. The van der Waals surface area contributed by atoms with Gasteiger partial charge in [-0.3, -0.25) is 4.98 Å². The topological polar surface area (TPSA) is 57.4 Å². The highest BCUT2D eigenvalue weighted by Gasteiger charge is 2.05. The Bertz CT molecular complexity index is 561. The third kappa shape index (κ3) is 3.68. The van der Waals surface area contributed by atoms with Crippen LogP contribution in [0.1, 0.15) is 11.1 Å². The van der Waals surface area contributed by atoms with Gasteiger partial charge in [-0.1, -0.05) is 6.07 Å². The lowest BCUT2D eigenvalue weighted by Gasteiger charge is -2.11. The van der Waals surface area contributed by atoms with E-state index in [0.717, 1.165) is 21.3 Å². The number of benzene rings is 1. The summed E-state index contributed by atoms with van der Waals surface area (Å²) in [6.45, 7) is 0.907. The maximum Gasteiger partial charge on any atom is 0.139 e. The van der Waals surface area contributed by atoms with Crippen molar-refractivity contribution in [2.45, 2.75) is 13.2 Å². The minimum Gasteiger partial charge on any atom is -0.496 e. The first-order chi connectivity index (χ1) is 9.22. The maximum absolute atomic E-state index is 5.70. The fraction of sp³-hybridized carbons (Fsp3) is 0.214. The minimum atomic E-state index is 0.412. The summed E-state index contributed by atoms with van der Waals surface area (Å²) in [6, 6.07) is 7.71. The van der Waals surface area contributed by atoms with Crippen LogP contribution < -0.4 is 15.2 Å². The van der Waals surface area contributed by atoms with Crippen molar-refractivity contribution in [2.75, 3.05) is 7.11 Å². The second-order valence-corrected chi connectivity index (χ2v) is 4.89. The van der Waals surface area contributed by atoms with Crippen LogP contribution in [-0.2, 0) is 13.2 Å². The van der Waals surface area contributed by atoms with E-state index in [1.807, 2.05) is 24.3 Å². The van der Waals surface area contributed by atoms with Crippen molar-refractivity contribution in [3.63, 3.8) is 0 Å². The summed E-state index contributed by atoms with van der Waals surface area (Å²) in [4.78, 5) is 4.05. The largest absolute Gasteiger partial charge is 0.496 e. The monoisotopic (exact) mass is 322 g/mol. The average molecular weight is 323 g/mol. The minimum absolute atomic E-state index is 0.412. The summed E-state index contributed by atoms with van der Waals surface area (Å²) in [5, 5.41) is 0. The Morgan fingerprint density at radius 1 is 1.26 bits per heavy atom. The molecule has 0 aliphatic carbocycles. The second-order valence-electron chi connectivity index (χ2n) is 3.98. The molecule has 1 aromatic heterocycles. The van der Waals surface area contributed by atoms with Crippen molar-refractivity contribution in [1.29, 1.82) is 0 Å². The molecule has 5 heteroatoms. The number of hydrogen-bond acceptors (Lipinski definition) is 4. The van der Waals surface area contributed by atoms with Gasteiger partial charge in [0.25, 0.3) is 0 Å². The van der Waals surface area contributed by atoms with Crippen molar-refractivity contribution in [2.24, 2.45) is 5.73 Å². The molecule has 2 rings (SSSR count). The van der Waals surface area contributed by atoms with Crippen molar-refractivity contribution >= 4 is 15.9 Å². The van der Waals surface area contributed by atoms with Gasteiger partial charge in [-0.05, 0) is 39.7 Å². The Kier molecular flexibility index (Phi) is 4.76. The lowest BCUT2D eigenvalue weighted by molar-refractivity contribution is 0.295. The molecule has 0 radical (unpaired) electrons. The lowest BCUT2D eigenvalue weighted by Crippen LogP contribution is -2.02. The molecule has 0 atom stereocenters. The summed E-state index contributed by atoms with van der Waals surface area (Å²) in [7, 11) is 1.64. The first-order valence-electron chi connectivity index (χ1n) is 5.82. The van der Waals surface area contributed by atoms with Gasteiger partial charge in [0.15, 0.2) is 0 Å². The highest BCUT2D eigenvalue weighted by molar-refractivity contribution is 9.10. The first kappa shape index (κ1) is 13.8. The first-order valence-corrected chi connectivity index (χ1v) is 6.61. The van der Waals surface area contributed by atoms with E-state index in [2.05, 4.69) is 20.9 Å². The van der Waals surface area contributed by atoms with Crippen LogP contribution in [-0.4, -0.2) is 12.1 Å². The summed E-state index contributed by atoms with van der Waals surface area (Å²) in [5.41, 5.74) is 7.65. The van der Waals surface area contributed by atoms with E-state index in [0.29, 0.717) is 18.9 Å². The van der Waals surface area contributed by atoms with Crippen LogP contribution in [0.3, 0.4) is 0 Å². The predicted octanol–water partition coefficient (Wildman–Crippen LogP) is 2.89. The van der Waals surface area contributed by atoms with Crippen LogP contribution in [0, 0.1) is 0 Å². The number of methoxy groups -OCH3 is 1. The zero-order valence-corrected chi connectivity index (χ0v) is 12.2. The van der Waals surface area contributed by atoms with E-state index in [1.54, 1.807) is 19.5 Å². The van der Waals surface area contributed by atoms with Crippen LogP contribution in [0.2, 0.25) is 0 Å². The van der Waals surface area contributed by atoms with Crippen molar-refractivity contribution in [3.05, 3.63) is 52.3 Å². The molecule has 0 bridgehead atoms. The van der Waals surface area contributed by atoms with Gasteiger partial charge in [-0.2, -0.15) is 0 Å². The van der Waals surface area contributed by atoms with Crippen LogP contribution in [0.5, 0.6) is 11.5 Å². The van der Waals surface area contributed by atoms with Gasteiger partial charge in [-0.15, -0.1) is 0 Å². The number of nitrogens with two attached hydrogens (primary N) is 1. The third-order valence-electron chi connectivity index (χ3n) is 2.65. The van der Waals surface area contributed by atoms with E-state index < -0.39 is 0 Å². The zero-order chi connectivity index (χ0) is 13.7. The standard InChI is InChI=1S/C14H15BrN2O2/c1-18-14-3-2-10(6-16)4-11(14)9-19-13-5-12(15)7-17-8-13/h2-5,7-8H,6,9,16H2,1H3. The van der Waals surface area contributed by atoms with Gasteiger partial charge in [-0.25, -0.2) is 0 Å². The van der Waals surface area contributed by atoms with Crippen LogP contribution in [0.15, 0.2) is 41.1 Å². The molecule has 2 N–H and O–H groups in total. The smallest absolute Gasteiger partial charge is 0.139 e. The summed E-state index contributed by atoms with van der Waals surface area (Å²) in [6.07, 6.45) is 3.38. The molecular formula is C14H15BrN2O2. The lowest BCUT2D eigenvalue weighted by atomic mass is 10.1. The molecule has 0 aliphatic rings. The Balaban J connectivity index is 2.14. The number of aromatic nitrogens is 1. The van der Waals surface area contributed by atoms with Gasteiger partial charge in [0.05, 0.1) is 13.3 Å². The van der Waals surface area contributed by atoms with Gasteiger partial charge in [0.1, 0.15) is 18.1 Å². The number of nitrogens with zero attached hydrogens (tertiary/aromatic N) is 1. The van der Waals surface area contributed by atoms with Crippen LogP contribution in [0.25, 0.3) is 0 Å². The van der Waals surface area contributed by atoms with Crippen LogP contribution >= 0.6 is 15.9 Å². The number of pyridine rings is 1. The van der Waals surface area contributed by atoms with Gasteiger partial charge in [0, 0.05) is 22.8 Å². The van der Waals surface area contributed by atoms with Crippen molar-refractivity contribution in [3.8, 4) is 11.5 Å². The molecule has 19 heavy (non-hydrogen) atoms. The fourth-order valence-electron chi connectivity index (χ4n) is 1.70. The fourth-order valence-corrected chi connectivity index (χ4v) is 2.05. The molecular weight excluding hydrogens is 308 g/mol. The Morgan fingerprint density at radius 3 is 2.79 bits per heavy atom. The summed E-state index contributed by atoms with van der Waals surface area (Å²) in [5.74, 6) is 1.50. The normalized spacial score (nSPS) is 10.3. The van der Waals surface area contributed by atoms with Gasteiger partial charge >= 0.3 is 0 Å². The molecule has 2 aromatic rings. The predicted molar refractivity (Wildman–Crippen MR) is 77.2 cm³/mol. The summed E-state index contributed by atoms with van der Waals surface area (Å²) < 4.78 is 11.9. The van der Waals surface area contributed by atoms with Gasteiger partial charge in [0.2, 0.25) is 0 Å². The molecule has 0 saturated carbocycles. The molecule has 1 heterocycles. The second kappa shape index (κ2) is 6.54. The maximum atomic E-state index is 5.70. The molecule has 4 nitrogen and oxygen atoms in total. The molecule has 0 spiro atoms. The van der Waals surface area contributed by atoms with Crippen LogP contribution in [0.4, 0.5) is 0 Å². The number of halogens is 1. The van der Waals surface area contributed by atoms with E-state index in [-0.39, 0.29) is 0 Å². The molecule has 0 unspecified atom stereocenters. The Morgan fingerprint density at radius 2 is 2.11 bits per heavy atom. The average Bonchev–Trinajstić information content (AvgIpc) is 2.45.